The monoisotopic (exact) mass is 420 g/mol. The first kappa shape index (κ1) is 20.0. The van der Waals surface area contributed by atoms with Crippen LogP contribution in [-0.4, -0.2) is 45.3 Å². The second-order valence-corrected chi connectivity index (χ2v) is 7.57. The average molecular weight is 421 g/mol. The summed E-state index contributed by atoms with van der Waals surface area (Å²) in [7, 11) is 1.57. The van der Waals surface area contributed by atoms with Crippen LogP contribution < -0.4 is 4.74 Å². The summed E-state index contributed by atoms with van der Waals surface area (Å²) in [5.41, 5.74) is 3.20. The predicted molar refractivity (Wildman–Crippen MR) is 107 cm³/mol. The maximum absolute atomic E-state index is 12.4. The van der Waals surface area contributed by atoms with Gasteiger partial charge in [-0.1, -0.05) is 11.6 Å². The minimum Gasteiger partial charge on any atom is -0.495 e. The van der Waals surface area contributed by atoms with Gasteiger partial charge in [0.2, 0.25) is 0 Å². The number of methoxy groups -OCH3 is 1. The Morgan fingerprint density at radius 3 is 2.64 bits per heavy atom. The first-order valence-corrected chi connectivity index (χ1v) is 9.42. The van der Waals surface area contributed by atoms with Crippen LogP contribution in [0.15, 0.2) is 29.2 Å². The molecule has 1 aromatic heterocycles. The minimum atomic E-state index is -1.24. The summed E-state index contributed by atoms with van der Waals surface area (Å²) in [6.45, 7) is 3.13. The van der Waals surface area contributed by atoms with Crippen LogP contribution in [0.4, 0.5) is 4.79 Å². The molecule has 2 amide bonds. The first-order chi connectivity index (χ1) is 13.2. The van der Waals surface area contributed by atoms with Gasteiger partial charge < -0.3 is 14.4 Å². The predicted octanol–water partition coefficient (Wildman–Crippen LogP) is 3.88. The van der Waals surface area contributed by atoms with Gasteiger partial charge in [0, 0.05) is 16.4 Å². The van der Waals surface area contributed by atoms with Gasteiger partial charge in [0.15, 0.2) is 0 Å². The van der Waals surface area contributed by atoms with Crippen LogP contribution in [0, 0.1) is 13.8 Å². The third-order valence-electron chi connectivity index (χ3n) is 4.31. The van der Waals surface area contributed by atoms with Gasteiger partial charge in [0.05, 0.1) is 17.7 Å². The van der Waals surface area contributed by atoms with Crippen molar-refractivity contribution in [3.63, 3.8) is 0 Å². The van der Waals surface area contributed by atoms with E-state index in [1.807, 2.05) is 24.5 Å². The van der Waals surface area contributed by atoms with Gasteiger partial charge in [-0.3, -0.25) is 19.3 Å². The van der Waals surface area contributed by atoms with Crippen molar-refractivity contribution >= 4 is 46.6 Å². The lowest BCUT2D eigenvalue weighted by Gasteiger charge is -2.14. The number of imide groups is 1. The molecule has 2 heterocycles. The van der Waals surface area contributed by atoms with Crippen molar-refractivity contribution in [3.05, 3.63) is 51.1 Å². The number of ether oxygens (including phenoxy) is 1. The van der Waals surface area contributed by atoms with Gasteiger partial charge >= 0.3 is 5.97 Å². The van der Waals surface area contributed by atoms with E-state index in [0.717, 1.165) is 39.3 Å². The Bertz CT molecular complexity index is 1030. The fourth-order valence-electron chi connectivity index (χ4n) is 3.06. The third-order valence-corrected chi connectivity index (χ3v) is 5.45. The van der Waals surface area contributed by atoms with E-state index in [2.05, 4.69) is 0 Å². The number of hydrogen-bond donors (Lipinski definition) is 1. The Morgan fingerprint density at radius 1 is 1.29 bits per heavy atom. The van der Waals surface area contributed by atoms with Crippen molar-refractivity contribution in [2.45, 2.75) is 13.8 Å². The lowest BCUT2D eigenvalue weighted by Crippen LogP contribution is -2.33. The molecular weight excluding hydrogens is 404 g/mol. The molecule has 2 aromatic rings. The third kappa shape index (κ3) is 3.65. The zero-order valence-corrected chi connectivity index (χ0v) is 16.9. The van der Waals surface area contributed by atoms with Crippen LogP contribution in [0.2, 0.25) is 5.02 Å². The summed E-state index contributed by atoms with van der Waals surface area (Å²) in [6.07, 6.45) is 1.60. The van der Waals surface area contributed by atoms with Crippen molar-refractivity contribution in [2.24, 2.45) is 0 Å². The molecule has 0 spiro atoms. The Balaban J connectivity index is 2.03. The lowest BCUT2D eigenvalue weighted by molar-refractivity contribution is -0.140. The number of hydrogen-bond acceptors (Lipinski definition) is 5. The standard InChI is InChI=1S/C19H17ClN2O5S/c1-10-6-12(7-16-18(25)21(9-17(23)24)19(26)28-16)11(2)22(10)14-8-13(20)4-5-15(14)27-3/h4-8H,9H2,1-3H3,(H,23,24)/b16-7+. The highest BCUT2D eigenvalue weighted by molar-refractivity contribution is 8.18. The Hall–Kier alpha value is -2.71. The molecule has 28 heavy (non-hydrogen) atoms. The van der Waals surface area contributed by atoms with Crippen LogP contribution >= 0.6 is 23.4 Å². The van der Waals surface area contributed by atoms with Gasteiger partial charge in [-0.15, -0.1) is 0 Å². The molecule has 7 nitrogen and oxygen atoms in total. The number of aryl methyl sites for hydroxylation is 1. The maximum Gasteiger partial charge on any atom is 0.323 e. The molecule has 0 bridgehead atoms. The average Bonchev–Trinajstić information content (AvgIpc) is 3.05. The zero-order valence-electron chi connectivity index (χ0n) is 15.4. The quantitative estimate of drug-likeness (QED) is 0.738. The molecule has 0 unspecified atom stereocenters. The molecule has 1 aliphatic rings. The van der Waals surface area contributed by atoms with Crippen LogP contribution in [0.5, 0.6) is 5.75 Å². The zero-order chi connectivity index (χ0) is 20.6. The summed E-state index contributed by atoms with van der Waals surface area (Å²) < 4.78 is 7.37. The minimum absolute atomic E-state index is 0.185. The number of halogens is 1. The second-order valence-electron chi connectivity index (χ2n) is 6.14. The number of thioether (sulfide) groups is 1. The maximum atomic E-state index is 12.4. The number of rotatable bonds is 5. The van der Waals surface area contributed by atoms with Gasteiger partial charge in [0.1, 0.15) is 12.3 Å². The molecule has 0 radical (unpaired) electrons. The van der Waals surface area contributed by atoms with E-state index in [0.29, 0.717) is 10.8 Å². The number of carboxylic acids is 1. The fraction of sp³-hybridized carbons (Fsp3) is 0.211. The first-order valence-electron chi connectivity index (χ1n) is 8.23. The number of aromatic nitrogens is 1. The highest BCUT2D eigenvalue weighted by Gasteiger charge is 2.36. The van der Waals surface area contributed by atoms with E-state index < -0.39 is 23.7 Å². The molecule has 1 N–H and O–H groups in total. The molecule has 146 valence electrons. The number of nitrogens with zero attached hydrogens (tertiary/aromatic N) is 2. The van der Waals surface area contributed by atoms with Crippen LogP contribution in [0.25, 0.3) is 11.8 Å². The second kappa shape index (κ2) is 7.73. The Labute approximate surface area is 170 Å². The van der Waals surface area contributed by atoms with Gasteiger partial charge in [-0.2, -0.15) is 0 Å². The molecule has 1 aliphatic heterocycles. The molecule has 1 fully saturated rings. The molecule has 1 aromatic carbocycles. The molecule has 0 atom stereocenters. The largest absolute Gasteiger partial charge is 0.495 e. The Morgan fingerprint density at radius 2 is 2.00 bits per heavy atom. The number of carboxylic acid groups (broad SMARTS) is 1. The number of benzene rings is 1. The molecule has 0 saturated carbocycles. The highest BCUT2D eigenvalue weighted by Crippen LogP contribution is 2.35. The van der Waals surface area contributed by atoms with Crippen molar-refractivity contribution in [1.29, 1.82) is 0 Å². The SMILES string of the molecule is COc1ccc(Cl)cc1-n1c(C)cc(/C=C2/SC(=O)N(CC(=O)O)C2=O)c1C. The summed E-state index contributed by atoms with van der Waals surface area (Å²) in [5.74, 6) is -1.21. The van der Waals surface area contributed by atoms with E-state index in [1.54, 1.807) is 31.4 Å². The van der Waals surface area contributed by atoms with E-state index in [4.69, 9.17) is 21.4 Å². The van der Waals surface area contributed by atoms with Crippen molar-refractivity contribution in [3.8, 4) is 11.4 Å². The lowest BCUT2D eigenvalue weighted by atomic mass is 10.2. The van der Waals surface area contributed by atoms with Crippen molar-refractivity contribution in [2.75, 3.05) is 13.7 Å². The number of carbonyl (C=O) groups excluding carboxylic acids is 2. The summed E-state index contributed by atoms with van der Waals surface area (Å²) in [5, 5.41) is 8.83. The van der Waals surface area contributed by atoms with E-state index in [9.17, 15) is 14.4 Å². The van der Waals surface area contributed by atoms with Crippen LogP contribution in [0.1, 0.15) is 17.0 Å². The normalized spacial score (nSPS) is 15.6. The van der Waals surface area contributed by atoms with Crippen LogP contribution in [-0.2, 0) is 9.59 Å². The summed E-state index contributed by atoms with van der Waals surface area (Å²) >= 11 is 6.87. The highest BCUT2D eigenvalue weighted by atomic mass is 35.5. The molecule has 9 heteroatoms. The smallest absolute Gasteiger partial charge is 0.323 e. The Kier molecular flexibility index (Phi) is 5.53. The van der Waals surface area contributed by atoms with E-state index in [-0.39, 0.29) is 4.91 Å². The molecule has 0 aliphatic carbocycles. The van der Waals surface area contributed by atoms with Crippen LogP contribution in [0.3, 0.4) is 0 Å². The summed E-state index contributed by atoms with van der Waals surface area (Å²) in [6, 6.07) is 7.16. The van der Waals surface area contributed by atoms with Gasteiger partial charge in [0.25, 0.3) is 11.1 Å². The number of carbonyl (C=O) groups is 3. The molecular formula is C19H17ClN2O5S. The topological polar surface area (TPSA) is 88.8 Å². The van der Waals surface area contributed by atoms with E-state index in [1.165, 1.54) is 0 Å². The van der Waals surface area contributed by atoms with Crippen molar-refractivity contribution < 1.29 is 24.2 Å². The number of amides is 2. The van der Waals surface area contributed by atoms with Gasteiger partial charge in [-0.05, 0) is 61.5 Å². The molecule has 3 rings (SSSR count). The van der Waals surface area contributed by atoms with Crippen molar-refractivity contribution in [1.82, 2.24) is 9.47 Å². The molecule has 1 saturated heterocycles. The van der Waals surface area contributed by atoms with E-state index >= 15 is 0 Å². The summed E-state index contributed by atoms with van der Waals surface area (Å²) in [4.78, 5) is 36.1. The number of aliphatic carboxylic acids is 1. The fourth-order valence-corrected chi connectivity index (χ4v) is 4.05. The van der Waals surface area contributed by atoms with Gasteiger partial charge in [-0.25, -0.2) is 0 Å².